The van der Waals surface area contributed by atoms with Gasteiger partial charge in [0.2, 0.25) is 10.0 Å². The van der Waals surface area contributed by atoms with Gasteiger partial charge in [-0.05, 0) is 56.7 Å². The zero-order valence-corrected chi connectivity index (χ0v) is 18.8. The molecule has 9 heteroatoms. The third-order valence-electron chi connectivity index (χ3n) is 5.70. The van der Waals surface area contributed by atoms with Gasteiger partial charge >= 0.3 is 0 Å². The summed E-state index contributed by atoms with van der Waals surface area (Å²) in [6.07, 6.45) is 0.511. The van der Waals surface area contributed by atoms with E-state index in [1.54, 1.807) is 9.58 Å². The minimum atomic E-state index is -3.75. The number of nitrogens with zero attached hydrogens (tertiary/aromatic N) is 4. The number of aromatic nitrogens is 2. The molecule has 0 bridgehead atoms. The van der Waals surface area contributed by atoms with Gasteiger partial charge in [-0.2, -0.15) is 9.40 Å². The summed E-state index contributed by atoms with van der Waals surface area (Å²) in [5.74, 6) is -0.637. The van der Waals surface area contributed by atoms with Crippen LogP contribution >= 0.6 is 0 Å². The number of benzene rings is 2. The van der Waals surface area contributed by atoms with Gasteiger partial charge in [-0.15, -0.1) is 0 Å². The normalized spacial score (nSPS) is 15.5. The fourth-order valence-corrected chi connectivity index (χ4v) is 5.49. The number of carbonyl (C=O) groups is 1. The number of hydrogen-bond donors (Lipinski definition) is 0. The first-order chi connectivity index (χ1) is 15.3. The molecule has 0 unspecified atom stereocenters. The summed E-state index contributed by atoms with van der Waals surface area (Å²) in [6, 6.07) is 14.4. The van der Waals surface area contributed by atoms with E-state index in [1.807, 2.05) is 44.2 Å². The molecule has 1 aliphatic heterocycles. The van der Waals surface area contributed by atoms with E-state index in [9.17, 15) is 17.6 Å². The SMILES string of the molecule is Cc1nn(-c2ccccc2)c(C)c1C(=O)N1CCCN(S(=O)(=O)c2ccc(F)cc2)CC1. The maximum absolute atomic E-state index is 13.4. The molecule has 0 saturated carbocycles. The monoisotopic (exact) mass is 456 g/mol. The van der Waals surface area contributed by atoms with E-state index in [0.29, 0.717) is 30.8 Å². The van der Waals surface area contributed by atoms with E-state index in [2.05, 4.69) is 5.10 Å². The van der Waals surface area contributed by atoms with Crippen molar-refractivity contribution >= 4 is 15.9 Å². The van der Waals surface area contributed by atoms with Gasteiger partial charge in [0.05, 0.1) is 27.5 Å². The summed E-state index contributed by atoms with van der Waals surface area (Å²) in [5, 5.41) is 4.55. The Morgan fingerprint density at radius 2 is 1.62 bits per heavy atom. The van der Waals surface area contributed by atoms with Crippen molar-refractivity contribution in [2.45, 2.75) is 25.2 Å². The molecular formula is C23H25FN4O3S. The minimum Gasteiger partial charge on any atom is -0.337 e. The fourth-order valence-electron chi connectivity index (χ4n) is 4.02. The summed E-state index contributed by atoms with van der Waals surface area (Å²) in [4.78, 5) is 15.1. The van der Waals surface area contributed by atoms with Crippen LogP contribution in [0.4, 0.5) is 4.39 Å². The average molecular weight is 457 g/mol. The Bertz CT molecular complexity index is 1220. The third kappa shape index (κ3) is 4.18. The summed E-state index contributed by atoms with van der Waals surface area (Å²) >= 11 is 0. The Morgan fingerprint density at radius 1 is 0.938 bits per heavy atom. The molecule has 2 aromatic carbocycles. The molecule has 0 N–H and O–H groups in total. The second-order valence-electron chi connectivity index (χ2n) is 7.80. The molecule has 0 radical (unpaired) electrons. The van der Waals surface area contributed by atoms with E-state index in [1.165, 1.54) is 16.4 Å². The lowest BCUT2D eigenvalue weighted by Gasteiger charge is -2.22. The molecule has 4 rings (SSSR count). The molecule has 3 aromatic rings. The quantitative estimate of drug-likeness (QED) is 0.604. The maximum atomic E-state index is 13.4. The lowest BCUT2D eigenvalue weighted by Crippen LogP contribution is -2.37. The molecule has 0 aliphatic carbocycles. The van der Waals surface area contributed by atoms with Crippen molar-refractivity contribution < 1.29 is 17.6 Å². The van der Waals surface area contributed by atoms with E-state index >= 15 is 0 Å². The van der Waals surface area contributed by atoms with E-state index in [-0.39, 0.29) is 23.9 Å². The van der Waals surface area contributed by atoms with E-state index < -0.39 is 15.8 Å². The van der Waals surface area contributed by atoms with Gasteiger partial charge in [-0.3, -0.25) is 4.79 Å². The number of sulfonamides is 1. The van der Waals surface area contributed by atoms with Crippen LogP contribution in [-0.4, -0.2) is 59.5 Å². The van der Waals surface area contributed by atoms with Gasteiger partial charge in [0, 0.05) is 26.2 Å². The second kappa shape index (κ2) is 8.84. The van der Waals surface area contributed by atoms with Gasteiger partial charge < -0.3 is 4.90 Å². The number of amides is 1. The smallest absolute Gasteiger partial charge is 0.257 e. The van der Waals surface area contributed by atoms with Gasteiger partial charge in [-0.25, -0.2) is 17.5 Å². The van der Waals surface area contributed by atoms with Gasteiger partial charge in [0.1, 0.15) is 5.82 Å². The number of para-hydroxylation sites is 1. The van der Waals surface area contributed by atoms with Crippen LogP contribution < -0.4 is 0 Å². The number of rotatable bonds is 4. The van der Waals surface area contributed by atoms with Gasteiger partial charge in [0.15, 0.2) is 0 Å². The first-order valence-electron chi connectivity index (χ1n) is 10.5. The molecule has 7 nitrogen and oxygen atoms in total. The Kier molecular flexibility index (Phi) is 6.12. The van der Waals surface area contributed by atoms with Crippen LogP contribution in [-0.2, 0) is 10.0 Å². The van der Waals surface area contributed by atoms with Crippen LogP contribution in [0, 0.1) is 19.7 Å². The van der Waals surface area contributed by atoms with Crippen molar-refractivity contribution in [3.05, 3.63) is 77.4 Å². The Balaban J connectivity index is 1.54. The predicted molar refractivity (Wildman–Crippen MR) is 119 cm³/mol. The molecule has 168 valence electrons. The number of halogens is 1. The first kappa shape index (κ1) is 22.2. The highest BCUT2D eigenvalue weighted by molar-refractivity contribution is 7.89. The molecule has 1 amide bonds. The second-order valence-corrected chi connectivity index (χ2v) is 9.73. The molecule has 1 aromatic heterocycles. The molecule has 1 saturated heterocycles. The molecule has 1 aliphatic rings. The molecule has 2 heterocycles. The number of carbonyl (C=O) groups excluding carboxylic acids is 1. The number of hydrogen-bond acceptors (Lipinski definition) is 4. The highest BCUT2D eigenvalue weighted by Crippen LogP contribution is 2.22. The van der Waals surface area contributed by atoms with Crippen LogP contribution in [0.5, 0.6) is 0 Å². The van der Waals surface area contributed by atoms with Crippen molar-refractivity contribution in [1.29, 1.82) is 0 Å². The Morgan fingerprint density at radius 3 is 2.31 bits per heavy atom. The summed E-state index contributed by atoms with van der Waals surface area (Å²) < 4.78 is 42.2. The number of aryl methyl sites for hydroxylation is 1. The largest absolute Gasteiger partial charge is 0.337 e. The lowest BCUT2D eigenvalue weighted by molar-refractivity contribution is 0.0762. The predicted octanol–water partition coefficient (Wildman–Crippen LogP) is 3.17. The zero-order valence-electron chi connectivity index (χ0n) is 18.0. The highest BCUT2D eigenvalue weighted by Gasteiger charge is 2.30. The zero-order chi connectivity index (χ0) is 22.9. The van der Waals surface area contributed by atoms with Crippen molar-refractivity contribution in [3.63, 3.8) is 0 Å². The first-order valence-corrected chi connectivity index (χ1v) is 11.9. The average Bonchev–Trinajstić information content (AvgIpc) is 2.95. The van der Waals surface area contributed by atoms with Crippen molar-refractivity contribution in [2.24, 2.45) is 0 Å². The van der Waals surface area contributed by atoms with Gasteiger partial charge in [0.25, 0.3) is 5.91 Å². The van der Waals surface area contributed by atoms with Crippen LogP contribution in [0.25, 0.3) is 5.69 Å². The van der Waals surface area contributed by atoms with Crippen molar-refractivity contribution in [2.75, 3.05) is 26.2 Å². The maximum Gasteiger partial charge on any atom is 0.257 e. The molecule has 32 heavy (non-hydrogen) atoms. The summed E-state index contributed by atoms with van der Waals surface area (Å²) in [5.41, 5.74) is 2.80. The molecule has 0 spiro atoms. The molecule has 1 fully saturated rings. The molecule has 0 atom stereocenters. The van der Waals surface area contributed by atoms with Gasteiger partial charge in [-0.1, -0.05) is 18.2 Å². The lowest BCUT2D eigenvalue weighted by atomic mass is 10.1. The van der Waals surface area contributed by atoms with Crippen molar-refractivity contribution in [1.82, 2.24) is 19.0 Å². The Hall–Kier alpha value is -3.04. The van der Waals surface area contributed by atoms with Crippen molar-refractivity contribution in [3.8, 4) is 5.69 Å². The highest BCUT2D eigenvalue weighted by atomic mass is 32.2. The topological polar surface area (TPSA) is 75.5 Å². The van der Waals surface area contributed by atoms with Crippen LogP contribution in [0.2, 0.25) is 0 Å². The third-order valence-corrected chi connectivity index (χ3v) is 7.61. The van der Waals surface area contributed by atoms with Crippen LogP contribution in [0.3, 0.4) is 0 Å². The standard InChI is InChI=1S/C23H25FN4O3S/c1-17-22(18(2)28(25-17)20-7-4-3-5-8-20)23(29)26-13-6-14-27(16-15-26)32(30,31)21-11-9-19(24)10-12-21/h3-5,7-12H,6,13-16H2,1-2H3. The van der Waals surface area contributed by atoms with Crippen LogP contribution in [0.15, 0.2) is 59.5 Å². The van der Waals surface area contributed by atoms with E-state index in [4.69, 9.17) is 0 Å². The Labute approximate surface area is 187 Å². The molecular weight excluding hydrogens is 431 g/mol. The van der Waals surface area contributed by atoms with E-state index in [0.717, 1.165) is 23.5 Å². The van der Waals surface area contributed by atoms with Crippen LogP contribution in [0.1, 0.15) is 28.2 Å². The fraction of sp³-hybridized carbons (Fsp3) is 0.304. The minimum absolute atomic E-state index is 0.0505. The summed E-state index contributed by atoms with van der Waals surface area (Å²) in [6.45, 7) is 4.87. The summed E-state index contributed by atoms with van der Waals surface area (Å²) in [7, 11) is -3.75.